The third-order valence-corrected chi connectivity index (χ3v) is 5.26. The van der Waals surface area contributed by atoms with Gasteiger partial charge >= 0.3 is 0 Å². The molecule has 0 aliphatic carbocycles. The quantitative estimate of drug-likeness (QED) is 0.656. The van der Waals surface area contributed by atoms with Gasteiger partial charge in [0.25, 0.3) is 5.91 Å². The molecule has 2 aromatic rings. The molecule has 0 saturated heterocycles. The molecular formula is C19H24N2O4S. The highest BCUT2D eigenvalue weighted by Gasteiger charge is 2.13. The van der Waals surface area contributed by atoms with E-state index in [1.165, 1.54) is 0 Å². The maximum Gasteiger partial charge on any atom is 0.257 e. The number of aryl methyl sites for hydroxylation is 2. The second-order valence-electron chi connectivity index (χ2n) is 5.81. The number of amides is 1. The Morgan fingerprint density at radius 1 is 1.04 bits per heavy atom. The number of carbonyl (C=O) groups is 1. The Morgan fingerprint density at radius 2 is 1.73 bits per heavy atom. The minimum absolute atomic E-state index is 0.105. The van der Waals surface area contributed by atoms with E-state index in [9.17, 15) is 13.2 Å². The topological polar surface area (TPSA) is 84.5 Å². The molecule has 0 spiro atoms. The zero-order chi connectivity index (χ0) is 19.0. The van der Waals surface area contributed by atoms with Crippen molar-refractivity contribution < 1.29 is 17.9 Å². The van der Waals surface area contributed by atoms with Crippen molar-refractivity contribution in [2.24, 2.45) is 0 Å². The number of ether oxygens (including phenoxy) is 1. The molecule has 2 rings (SSSR count). The third-order valence-electron chi connectivity index (χ3n) is 3.78. The van der Waals surface area contributed by atoms with Gasteiger partial charge in [0, 0.05) is 13.1 Å². The number of hydrogen-bond donors (Lipinski definition) is 2. The van der Waals surface area contributed by atoms with Crippen LogP contribution >= 0.6 is 0 Å². The number of nitrogens with one attached hydrogen (secondary N) is 2. The molecule has 0 aromatic heterocycles. The molecule has 2 N–H and O–H groups in total. The van der Waals surface area contributed by atoms with E-state index in [4.69, 9.17) is 4.74 Å². The summed E-state index contributed by atoms with van der Waals surface area (Å²) in [6.07, 6.45) is 0.818. The van der Waals surface area contributed by atoms with E-state index in [1.54, 1.807) is 24.3 Å². The Labute approximate surface area is 154 Å². The van der Waals surface area contributed by atoms with Crippen molar-refractivity contribution in [2.75, 3.05) is 19.7 Å². The minimum atomic E-state index is -3.57. The molecule has 2 aromatic carbocycles. The summed E-state index contributed by atoms with van der Waals surface area (Å²) >= 11 is 0. The smallest absolute Gasteiger partial charge is 0.257 e. The summed E-state index contributed by atoms with van der Waals surface area (Å²) < 4.78 is 32.2. The minimum Gasteiger partial charge on any atom is -0.483 e. The van der Waals surface area contributed by atoms with Gasteiger partial charge in [-0.15, -0.1) is 0 Å². The molecule has 0 aliphatic heterocycles. The first kappa shape index (κ1) is 19.9. The van der Waals surface area contributed by atoms with Crippen molar-refractivity contribution in [1.29, 1.82) is 0 Å². The molecular weight excluding hydrogens is 352 g/mol. The SMILES string of the molecule is CCc1ccccc1OCC(=O)NCCNS(=O)(=O)c1ccc(C)cc1. The largest absolute Gasteiger partial charge is 0.483 e. The van der Waals surface area contributed by atoms with Crippen LogP contribution in [-0.4, -0.2) is 34.0 Å². The number of rotatable bonds is 9. The van der Waals surface area contributed by atoms with Gasteiger partial charge in [-0.3, -0.25) is 4.79 Å². The maximum atomic E-state index is 12.1. The zero-order valence-corrected chi connectivity index (χ0v) is 15.8. The Bertz CT molecular complexity index is 833. The van der Waals surface area contributed by atoms with Gasteiger partial charge in [-0.2, -0.15) is 0 Å². The van der Waals surface area contributed by atoms with E-state index in [2.05, 4.69) is 10.0 Å². The van der Waals surface area contributed by atoms with Crippen LogP contribution in [-0.2, 0) is 21.2 Å². The van der Waals surface area contributed by atoms with Crippen molar-refractivity contribution >= 4 is 15.9 Å². The molecule has 0 fully saturated rings. The fraction of sp³-hybridized carbons (Fsp3) is 0.316. The lowest BCUT2D eigenvalue weighted by molar-refractivity contribution is -0.123. The van der Waals surface area contributed by atoms with Crippen molar-refractivity contribution in [3.63, 3.8) is 0 Å². The standard InChI is InChI=1S/C19H24N2O4S/c1-3-16-6-4-5-7-18(16)25-14-19(22)20-12-13-21-26(23,24)17-10-8-15(2)9-11-17/h4-11,21H,3,12-14H2,1-2H3,(H,20,22). The molecule has 0 radical (unpaired) electrons. The van der Waals surface area contributed by atoms with E-state index in [1.807, 2.05) is 38.1 Å². The summed E-state index contributed by atoms with van der Waals surface area (Å²) in [4.78, 5) is 12.0. The van der Waals surface area contributed by atoms with Crippen LogP contribution in [0.15, 0.2) is 53.4 Å². The lowest BCUT2D eigenvalue weighted by Crippen LogP contribution is -2.36. The molecule has 0 heterocycles. The molecule has 1 amide bonds. The van der Waals surface area contributed by atoms with Gasteiger partial charge in [-0.05, 0) is 37.1 Å². The Hall–Kier alpha value is -2.38. The highest BCUT2D eigenvalue weighted by molar-refractivity contribution is 7.89. The van der Waals surface area contributed by atoms with Crippen molar-refractivity contribution in [1.82, 2.24) is 10.0 Å². The molecule has 140 valence electrons. The van der Waals surface area contributed by atoms with Crippen molar-refractivity contribution in [2.45, 2.75) is 25.2 Å². The predicted octanol–water partition coefficient (Wildman–Crippen LogP) is 2.03. The highest BCUT2D eigenvalue weighted by atomic mass is 32.2. The molecule has 0 atom stereocenters. The van der Waals surface area contributed by atoms with E-state index < -0.39 is 10.0 Å². The van der Waals surface area contributed by atoms with Crippen molar-refractivity contribution in [3.8, 4) is 5.75 Å². The first-order valence-corrected chi connectivity index (χ1v) is 9.94. The van der Waals surface area contributed by atoms with Gasteiger partial charge in [-0.25, -0.2) is 13.1 Å². The maximum absolute atomic E-state index is 12.1. The lowest BCUT2D eigenvalue weighted by Gasteiger charge is -2.11. The van der Waals surface area contributed by atoms with Crippen LogP contribution in [0.1, 0.15) is 18.1 Å². The van der Waals surface area contributed by atoms with Crippen LogP contribution < -0.4 is 14.8 Å². The van der Waals surface area contributed by atoms with Crippen molar-refractivity contribution in [3.05, 3.63) is 59.7 Å². The summed E-state index contributed by atoms with van der Waals surface area (Å²) in [7, 11) is -3.57. The summed E-state index contributed by atoms with van der Waals surface area (Å²) in [5, 5.41) is 2.63. The summed E-state index contributed by atoms with van der Waals surface area (Å²) in [6.45, 7) is 4.08. The van der Waals surface area contributed by atoms with Gasteiger partial charge in [0.2, 0.25) is 10.0 Å². The fourth-order valence-electron chi connectivity index (χ4n) is 2.32. The van der Waals surface area contributed by atoms with Crippen LogP contribution in [0.3, 0.4) is 0 Å². The molecule has 6 nitrogen and oxygen atoms in total. The van der Waals surface area contributed by atoms with E-state index in [0.29, 0.717) is 5.75 Å². The average molecular weight is 376 g/mol. The van der Waals surface area contributed by atoms with Gasteiger partial charge in [0.05, 0.1) is 4.90 Å². The number of benzene rings is 2. The summed E-state index contributed by atoms with van der Waals surface area (Å²) in [6, 6.07) is 14.1. The molecule has 0 aliphatic rings. The first-order valence-electron chi connectivity index (χ1n) is 8.46. The number of carbonyl (C=O) groups excluding carboxylic acids is 1. The van der Waals surface area contributed by atoms with Gasteiger partial charge in [0.15, 0.2) is 6.61 Å². The van der Waals surface area contributed by atoms with Crippen LogP contribution in [0.25, 0.3) is 0 Å². The van der Waals surface area contributed by atoms with Gasteiger partial charge in [-0.1, -0.05) is 42.8 Å². The lowest BCUT2D eigenvalue weighted by atomic mass is 10.1. The Morgan fingerprint density at radius 3 is 2.42 bits per heavy atom. The molecule has 0 saturated carbocycles. The van der Waals surface area contributed by atoms with Crippen LogP contribution in [0.2, 0.25) is 0 Å². The average Bonchev–Trinajstić information content (AvgIpc) is 2.64. The normalized spacial score (nSPS) is 11.2. The van der Waals surface area contributed by atoms with Crippen LogP contribution in [0.5, 0.6) is 5.75 Å². The number of para-hydroxylation sites is 1. The fourth-order valence-corrected chi connectivity index (χ4v) is 3.35. The van der Waals surface area contributed by atoms with Crippen LogP contribution in [0.4, 0.5) is 0 Å². The van der Waals surface area contributed by atoms with E-state index in [-0.39, 0.29) is 30.5 Å². The highest BCUT2D eigenvalue weighted by Crippen LogP contribution is 2.17. The first-order chi connectivity index (χ1) is 12.4. The Kier molecular flexibility index (Phi) is 7.17. The molecule has 0 bridgehead atoms. The van der Waals surface area contributed by atoms with E-state index >= 15 is 0 Å². The summed E-state index contributed by atoms with van der Waals surface area (Å²) in [5.41, 5.74) is 2.02. The predicted molar refractivity (Wildman–Crippen MR) is 101 cm³/mol. The molecule has 7 heteroatoms. The van der Waals surface area contributed by atoms with Gasteiger partial charge < -0.3 is 10.1 Å². The second kappa shape index (κ2) is 9.35. The van der Waals surface area contributed by atoms with Crippen LogP contribution in [0, 0.1) is 6.92 Å². The second-order valence-corrected chi connectivity index (χ2v) is 7.58. The Balaban J connectivity index is 1.74. The third kappa shape index (κ3) is 5.86. The molecule has 0 unspecified atom stereocenters. The zero-order valence-electron chi connectivity index (χ0n) is 15.0. The number of sulfonamides is 1. The monoisotopic (exact) mass is 376 g/mol. The summed E-state index contributed by atoms with van der Waals surface area (Å²) in [5.74, 6) is 0.385. The van der Waals surface area contributed by atoms with Gasteiger partial charge in [0.1, 0.15) is 5.75 Å². The van der Waals surface area contributed by atoms with E-state index in [0.717, 1.165) is 17.5 Å². The molecule has 26 heavy (non-hydrogen) atoms. The number of hydrogen-bond acceptors (Lipinski definition) is 4.